The molecular weight excluding hydrogens is 246 g/mol. The van der Waals surface area contributed by atoms with E-state index in [0.29, 0.717) is 6.61 Å². The second-order valence-electron chi connectivity index (χ2n) is 3.25. The highest BCUT2D eigenvalue weighted by Gasteiger charge is 2.10. The molecule has 14 heavy (non-hydrogen) atoms. The number of aromatic hydroxyl groups is 1. The van der Waals surface area contributed by atoms with Crippen molar-refractivity contribution in [2.45, 2.75) is 20.3 Å². The highest BCUT2D eigenvalue weighted by Crippen LogP contribution is 2.32. The summed E-state index contributed by atoms with van der Waals surface area (Å²) in [6.07, 6.45) is 0.757. The Bertz CT molecular complexity index is 339. The first-order valence-electron chi connectivity index (χ1n) is 4.37. The van der Waals surface area contributed by atoms with Crippen LogP contribution in [0, 0.1) is 13.8 Å². The second kappa shape index (κ2) is 4.77. The number of hydrogen-bond donors (Lipinski definition) is 2. The van der Waals surface area contributed by atoms with Crippen LogP contribution in [-0.2, 0) is 11.3 Å². The summed E-state index contributed by atoms with van der Waals surface area (Å²) in [7, 11) is 0. The predicted octanol–water partition coefficient (Wildman–Crippen LogP) is 2.20. The van der Waals surface area contributed by atoms with Gasteiger partial charge in [-0.05, 0) is 59.0 Å². The van der Waals surface area contributed by atoms with Crippen LogP contribution >= 0.6 is 15.9 Å². The molecule has 3 N–H and O–H groups in total. The smallest absolute Gasteiger partial charge is 0.130 e. The van der Waals surface area contributed by atoms with Crippen molar-refractivity contribution in [3.8, 4) is 5.75 Å². The zero-order valence-corrected chi connectivity index (χ0v) is 9.89. The normalized spacial score (nSPS) is 10.6. The lowest BCUT2D eigenvalue weighted by Gasteiger charge is -2.12. The quantitative estimate of drug-likeness (QED) is 0.819. The van der Waals surface area contributed by atoms with Crippen LogP contribution in [0.3, 0.4) is 0 Å². The first kappa shape index (κ1) is 11.5. The van der Waals surface area contributed by atoms with E-state index in [1.807, 2.05) is 13.8 Å². The highest BCUT2D eigenvalue weighted by atomic mass is 79.9. The van der Waals surface area contributed by atoms with Crippen molar-refractivity contribution in [2.24, 2.45) is 5.90 Å². The van der Waals surface area contributed by atoms with Crippen molar-refractivity contribution in [3.05, 3.63) is 27.2 Å². The molecule has 1 rings (SSSR count). The van der Waals surface area contributed by atoms with Crippen LogP contribution in [0.25, 0.3) is 0 Å². The molecule has 0 unspecified atom stereocenters. The van der Waals surface area contributed by atoms with Crippen LogP contribution in [0.1, 0.15) is 16.7 Å². The van der Waals surface area contributed by atoms with Crippen LogP contribution in [0.4, 0.5) is 0 Å². The van der Waals surface area contributed by atoms with Crippen molar-refractivity contribution < 1.29 is 9.94 Å². The highest BCUT2D eigenvalue weighted by molar-refractivity contribution is 9.10. The van der Waals surface area contributed by atoms with Gasteiger partial charge < -0.3 is 9.94 Å². The molecular formula is C10H14BrNO2. The molecule has 3 nitrogen and oxygen atoms in total. The molecule has 0 spiro atoms. The van der Waals surface area contributed by atoms with E-state index in [4.69, 9.17) is 5.90 Å². The Balaban J connectivity index is 3.09. The van der Waals surface area contributed by atoms with Crippen LogP contribution in [-0.4, -0.2) is 11.7 Å². The maximum absolute atomic E-state index is 9.53. The van der Waals surface area contributed by atoms with E-state index in [1.54, 1.807) is 6.07 Å². The Morgan fingerprint density at radius 3 is 2.71 bits per heavy atom. The van der Waals surface area contributed by atoms with E-state index in [0.717, 1.165) is 22.0 Å². The van der Waals surface area contributed by atoms with Crippen LogP contribution in [0.5, 0.6) is 5.75 Å². The zero-order valence-electron chi connectivity index (χ0n) is 8.30. The van der Waals surface area contributed by atoms with Crippen LogP contribution in [0.2, 0.25) is 0 Å². The Kier molecular flexibility index (Phi) is 3.92. The van der Waals surface area contributed by atoms with Gasteiger partial charge in [-0.15, -0.1) is 0 Å². The van der Waals surface area contributed by atoms with Crippen molar-refractivity contribution in [3.63, 3.8) is 0 Å². The molecule has 0 fully saturated rings. The lowest BCUT2D eigenvalue weighted by atomic mass is 10.00. The summed E-state index contributed by atoms with van der Waals surface area (Å²) in [6.45, 7) is 4.41. The zero-order chi connectivity index (χ0) is 10.7. The average molecular weight is 260 g/mol. The van der Waals surface area contributed by atoms with Gasteiger partial charge in [-0.25, -0.2) is 5.90 Å². The van der Waals surface area contributed by atoms with Gasteiger partial charge in [0.15, 0.2) is 0 Å². The third-order valence-corrected chi connectivity index (χ3v) is 3.31. The molecule has 0 bridgehead atoms. The number of aryl methyl sites for hydroxylation is 1. The lowest BCUT2D eigenvalue weighted by Crippen LogP contribution is -2.06. The van der Waals surface area contributed by atoms with Gasteiger partial charge in [-0.2, -0.15) is 0 Å². The third-order valence-electron chi connectivity index (χ3n) is 2.31. The summed E-state index contributed by atoms with van der Waals surface area (Å²) >= 11 is 3.33. The molecule has 0 heterocycles. The predicted molar refractivity (Wildman–Crippen MR) is 59.1 cm³/mol. The summed E-state index contributed by atoms with van der Waals surface area (Å²) in [5.74, 6) is 5.26. The Hall–Kier alpha value is -0.580. The number of phenols is 1. The minimum absolute atomic E-state index is 0.275. The minimum atomic E-state index is 0.275. The average Bonchev–Trinajstić information content (AvgIpc) is 2.14. The SMILES string of the molecule is Cc1cc(O)c(Br)c(C)c1CCON. The molecule has 0 aromatic heterocycles. The molecule has 1 aromatic rings. The number of phenolic OH excluding ortho intramolecular Hbond substituents is 1. The molecule has 78 valence electrons. The fourth-order valence-corrected chi connectivity index (χ4v) is 1.88. The maximum atomic E-state index is 9.53. The van der Waals surface area contributed by atoms with Crippen LogP contribution < -0.4 is 5.90 Å². The molecule has 0 radical (unpaired) electrons. The summed E-state index contributed by atoms with van der Waals surface area (Å²) in [5.41, 5.74) is 3.26. The van der Waals surface area contributed by atoms with E-state index in [-0.39, 0.29) is 5.75 Å². The first-order chi connectivity index (χ1) is 6.57. The van der Waals surface area contributed by atoms with Gasteiger partial charge in [-0.1, -0.05) is 0 Å². The van der Waals surface area contributed by atoms with E-state index in [9.17, 15) is 5.11 Å². The summed E-state index contributed by atoms with van der Waals surface area (Å²) < 4.78 is 0.745. The monoisotopic (exact) mass is 259 g/mol. The largest absolute Gasteiger partial charge is 0.507 e. The Morgan fingerprint density at radius 2 is 2.14 bits per heavy atom. The summed E-state index contributed by atoms with van der Waals surface area (Å²) in [4.78, 5) is 4.55. The fraction of sp³-hybridized carbons (Fsp3) is 0.400. The van der Waals surface area contributed by atoms with E-state index < -0.39 is 0 Å². The topological polar surface area (TPSA) is 55.5 Å². The van der Waals surface area contributed by atoms with E-state index >= 15 is 0 Å². The van der Waals surface area contributed by atoms with Gasteiger partial charge in [0.25, 0.3) is 0 Å². The van der Waals surface area contributed by atoms with E-state index in [1.165, 1.54) is 5.56 Å². The maximum Gasteiger partial charge on any atom is 0.130 e. The number of nitrogens with two attached hydrogens (primary N) is 1. The van der Waals surface area contributed by atoms with Crippen molar-refractivity contribution >= 4 is 15.9 Å². The van der Waals surface area contributed by atoms with Crippen molar-refractivity contribution in [1.29, 1.82) is 0 Å². The third kappa shape index (κ3) is 2.26. The lowest BCUT2D eigenvalue weighted by molar-refractivity contribution is 0.141. The molecule has 0 aliphatic rings. The van der Waals surface area contributed by atoms with Gasteiger partial charge in [-0.3, -0.25) is 0 Å². The summed E-state index contributed by atoms with van der Waals surface area (Å²) in [5, 5.41) is 9.53. The molecule has 0 atom stereocenters. The molecule has 0 saturated carbocycles. The Morgan fingerprint density at radius 1 is 1.50 bits per heavy atom. The minimum Gasteiger partial charge on any atom is -0.507 e. The molecule has 0 amide bonds. The second-order valence-corrected chi connectivity index (χ2v) is 4.04. The Labute approximate surface area is 92.0 Å². The molecule has 4 heteroatoms. The van der Waals surface area contributed by atoms with Gasteiger partial charge >= 0.3 is 0 Å². The summed E-state index contributed by atoms with van der Waals surface area (Å²) in [6, 6.07) is 1.74. The van der Waals surface area contributed by atoms with Crippen molar-refractivity contribution in [2.75, 3.05) is 6.61 Å². The van der Waals surface area contributed by atoms with Gasteiger partial charge in [0.2, 0.25) is 0 Å². The van der Waals surface area contributed by atoms with E-state index in [2.05, 4.69) is 20.8 Å². The standard InChI is InChI=1S/C10H14BrNO2/c1-6-5-9(13)10(11)7(2)8(6)3-4-14-12/h5,13H,3-4,12H2,1-2H3. The van der Waals surface area contributed by atoms with Gasteiger partial charge in [0.05, 0.1) is 11.1 Å². The molecule has 0 aliphatic carbocycles. The fourth-order valence-electron chi connectivity index (χ4n) is 1.52. The first-order valence-corrected chi connectivity index (χ1v) is 5.16. The molecule has 1 aromatic carbocycles. The number of halogens is 1. The van der Waals surface area contributed by atoms with Gasteiger partial charge in [0.1, 0.15) is 5.75 Å². The molecule has 0 saturated heterocycles. The molecule has 0 aliphatic heterocycles. The van der Waals surface area contributed by atoms with Crippen LogP contribution in [0.15, 0.2) is 10.5 Å². The van der Waals surface area contributed by atoms with Crippen molar-refractivity contribution in [1.82, 2.24) is 0 Å². The number of benzene rings is 1. The number of rotatable bonds is 3. The van der Waals surface area contributed by atoms with Gasteiger partial charge in [0, 0.05) is 0 Å². The number of hydrogen-bond acceptors (Lipinski definition) is 3.